The van der Waals surface area contributed by atoms with E-state index in [9.17, 15) is 0 Å². The lowest BCUT2D eigenvalue weighted by molar-refractivity contribution is -0.865. The smallest absolute Gasteiger partial charge is 0.0836 e. The van der Waals surface area contributed by atoms with Gasteiger partial charge in [-0.1, -0.05) is 13.8 Å². The first-order chi connectivity index (χ1) is 6.41. The van der Waals surface area contributed by atoms with Gasteiger partial charge in [0.2, 0.25) is 0 Å². The number of hydrogen-bond acceptors (Lipinski definition) is 4. The lowest BCUT2D eigenvalue weighted by atomic mass is 9.93. The zero-order valence-electron chi connectivity index (χ0n) is 9.11. The van der Waals surface area contributed by atoms with Crippen molar-refractivity contribution in [3.8, 4) is 0 Å². The number of nitrogens with one attached hydrogen (secondary N) is 1. The van der Waals surface area contributed by atoms with Crippen LogP contribution < -0.4 is 4.90 Å². The van der Waals surface area contributed by atoms with Crippen LogP contribution in [-0.2, 0) is 19.2 Å². The molecule has 0 aliphatic heterocycles. The van der Waals surface area contributed by atoms with Crippen LogP contribution in [0.25, 0.3) is 0 Å². The first-order valence-electron chi connectivity index (χ1n) is 4.63. The molecule has 1 rings (SSSR count). The largest absolute Gasteiger partial charge is 0.739 e. The fourth-order valence-corrected chi connectivity index (χ4v) is 1.85. The Hall–Kier alpha value is -0.750. The first kappa shape index (κ1) is 11.3. The molecule has 5 nitrogen and oxygen atoms in total. The van der Waals surface area contributed by atoms with Gasteiger partial charge in [-0.15, -0.1) is 5.10 Å². The van der Waals surface area contributed by atoms with Crippen molar-refractivity contribution in [1.29, 1.82) is 0 Å². The van der Waals surface area contributed by atoms with E-state index in [-0.39, 0.29) is 5.41 Å². The topological polar surface area (TPSA) is 48.0 Å². The van der Waals surface area contributed by atoms with E-state index in [1.165, 1.54) is 4.90 Å². The molecule has 0 saturated carbocycles. The molecule has 14 heavy (non-hydrogen) atoms. The molecule has 0 spiro atoms. The second-order valence-electron chi connectivity index (χ2n) is 4.67. The summed E-state index contributed by atoms with van der Waals surface area (Å²) in [6.45, 7) is 6.21. The number of quaternary nitrogens is 1. The number of tetrazole rings is 1. The van der Waals surface area contributed by atoms with Gasteiger partial charge in [-0.2, -0.15) is 0 Å². The van der Waals surface area contributed by atoms with Gasteiger partial charge in [-0.25, -0.2) is 0 Å². The molecule has 0 atom stereocenters. The fourth-order valence-electron chi connectivity index (χ4n) is 1.71. The molecule has 1 N–H and O–H groups in total. The summed E-state index contributed by atoms with van der Waals surface area (Å²) in [5.74, 6) is 0. The molecule has 1 aromatic rings. The van der Waals surface area contributed by atoms with Gasteiger partial charge in [-0.3, -0.25) is 4.68 Å². The van der Waals surface area contributed by atoms with Crippen LogP contribution in [0.2, 0.25) is 0 Å². The van der Waals surface area contributed by atoms with Crippen molar-refractivity contribution in [2.24, 2.45) is 5.41 Å². The predicted octanol–water partition coefficient (Wildman–Crippen LogP) is -1.25. The van der Waals surface area contributed by atoms with E-state index >= 15 is 0 Å². The monoisotopic (exact) mass is 215 g/mol. The molecule has 0 saturated heterocycles. The lowest BCUT2D eigenvalue weighted by Crippen LogP contribution is -3.07. The van der Waals surface area contributed by atoms with Crippen molar-refractivity contribution in [3.63, 3.8) is 0 Å². The highest BCUT2D eigenvalue weighted by Gasteiger charge is 2.22. The van der Waals surface area contributed by atoms with Crippen LogP contribution in [0.1, 0.15) is 13.8 Å². The van der Waals surface area contributed by atoms with Gasteiger partial charge >= 0.3 is 0 Å². The Kier molecular flexibility index (Phi) is 3.38. The summed E-state index contributed by atoms with van der Waals surface area (Å²) < 4.78 is 1.68. The lowest BCUT2D eigenvalue weighted by Gasteiger charge is -2.26. The Morgan fingerprint density at radius 2 is 2.07 bits per heavy atom. The van der Waals surface area contributed by atoms with Crippen molar-refractivity contribution in [3.05, 3.63) is 0 Å². The van der Waals surface area contributed by atoms with Crippen molar-refractivity contribution < 1.29 is 4.90 Å². The third kappa shape index (κ3) is 3.19. The summed E-state index contributed by atoms with van der Waals surface area (Å²) in [5.41, 5.74) is 0.155. The van der Waals surface area contributed by atoms with E-state index in [1.54, 1.807) is 4.68 Å². The van der Waals surface area contributed by atoms with Crippen LogP contribution in [0.3, 0.4) is 0 Å². The summed E-state index contributed by atoms with van der Waals surface area (Å²) in [4.78, 5) is 1.41. The van der Waals surface area contributed by atoms with Gasteiger partial charge in [0.25, 0.3) is 0 Å². The minimum atomic E-state index is 0.155. The summed E-state index contributed by atoms with van der Waals surface area (Å²) in [6, 6.07) is 0. The molecule has 1 heterocycles. The van der Waals surface area contributed by atoms with Gasteiger partial charge in [0.1, 0.15) is 0 Å². The zero-order chi connectivity index (χ0) is 10.8. The van der Waals surface area contributed by atoms with Crippen molar-refractivity contribution in [2.75, 3.05) is 20.6 Å². The highest BCUT2D eigenvalue weighted by Crippen LogP contribution is 2.15. The quantitative estimate of drug-likeness (QED) is 0.638. The second-order valence-corrected chi connectivity index (χ2v) is 5.03. The fraction of sp³-hybridized carbons (Fsp3) is 0.875. The average Bonchev–Trinajstić information content (AvgIpc) is 2.32. The molecule has 0 amide bonds. The van der Waals surface area contributed by atoms with Crippen LogP contribution in [-0.4, -0.2) is 40.8 Å². The molecule has 80 valence electrons. The van der Waals surface area contributed by atoms with Gasteiger partial charge in [-0.05, 0) is 10.4 Å². The Morgan fingerprint density at radius 3 is 2.50 bits per heavy atom. The normalized spacial score (nSPS) is 12.4. The van der Waals surface area contributed by atoms with E-state index < -0.39 is 0 Å². The summed E-state index contributed by atoms with van der Waals surface area (Å²) in [7, 11) is 4.27. The van der Waals surface area contributed by atoms with Crippen molar-refractivity contribution in [2.45, 2.75) is 25.5 Å². The standard InChI is InChI=1S/C8H17N5S/c1-8(2,5-12(3)4)6-13-7(14)9-10-11-13/h5-6H2,1-4H3,(H,9,11,14). The van der Waals surface area contributed by atoms with Crippen molar-refractivity contribution >= 4 is 12.6 Å². The van der Waals surface area contributed by atoms with Crippen LogP contribution in [0.15, 0.2) is 5.16 Å². The van der Waals surface area contributed by atoms with Crippen LogP contribution in [0.5, 0.6) is 0 Å². The van der Waals surface area contributed by atoms with Crippen LogP contribution in [0.4, 0.5) is 0 Å². The Labute approximate surface area is 89.9 Å². The molecular formula is C8H17N5S. The third-order valence-corrected chi connectivity index (χ3v) is 2.20. The molecule has 0 aromatic carbocycles. The third-order valence-electron chi connectivity index (χ3n) is 1.91. The van der Waals surface area contributed by atoms with Gasteiger partial charge in [0, 0.05) is 10.6 Å². The van der Waals surface area contributed by atoms with Gasteiger partial charge < -0.3 is 17.5 Å². The van der Waals surface area contributed by atoms with Crippen LogP contribution >= 0.6 is 0 Å². The number of aromatic nitrogens is 4. The van der Waals surface area contributed by atoms with Crippen LogP contribution in [0, 0.1) is 5.41 Å². The summed E-state index contributed by atoms with van der Waals surface area (Å²) >= 11 is 4.99. The molecule has 0 aliphatic rings. The molecule has 0 aliphatic carbocycles. The maximum absolute atomic E-state index is 4.99. The molecule has 0 radical (unpaired) electrons. The molecule has 6 heteroatoms. The van der Waals surface area contributed by atoms with Gasteiger partial charge in [0.15, 0.2) is 0 Å². The highest BCUT2D eigenvalue weighted by molar-refractivity contribution is 7.58. The Morgan fingerprint density at radius 1 is 1.43 bits per heavy atom. The maximum atomic E-state index is 4.99. The maximum Gasteiger partial charge on any atom is 0.0836 e. The Balaban J connectivity index is 2.63. The molecule has 0 unspecified atom stereocenters. The molecule has 1 aromatic heterocycles. The van der Waals surface area contributed by atoms with Gasteiger partial charge in [0.05, 0.1) is 27.2 Å². The summed E-state index contributed by atoms with van der Waals surface area (Å²) in [5, 5.41) is 11.5. The molecular weight excluding hydrogens is 198 g/mol. The molecule has 0 fully saturated rings. The zero-order valence-corrected chi connectivity index (χ0v) is 9.93. The predicted molar refractivity (Wildman–Crippen MR) is 54.9 cm³/mol. The SMILES string of the molecule is C[NH+](C)CC(C)(C)Cn1nnnc1[S-]. The minimum Gasteiger partial charge on any atom is -0.739 e. The van der Waals surface area contributed by atoms with E-state index in [4.69, 9.17) is 12.6 Å². The first-order valence-corrected chi connectivity index (χ1v) is 5.04. The van der Waals surface area contributed by atoms with E-state index in [0.29, 0.717) is 5.16 Å². The highest BCUT2D eigenvalue weighted by atomic mass is 32.1. The van der Waals surface area contributed by atoms with E-state index in [2.05, 4.69) is 43.5 Å². The van der Waals surface area contributed by atoms with Crippen molar-refractivity contribution in [1.82, 2.24) is 20.2 Å². The second kappa shape index (κ2) is 4.18. The molecule has 0 bridgehead atoms. The average molecular weight is 215 g/mol. The number of rotatable bonds is 4. The number of hydrogen-bond donors (Lipinski definition) is 1. The van der Waals surface area contributed by atoms with E-state index in [0.717, 1.165) is 13.1 Å². The number of nitrogens with zero attached hydrogens (tertiary/aromatic N) is 4. The summed E-state index contributed by atoms with van der Waals surface area (Å²) in [6.07, 6.45) is 0. The van der Waals surface area contributed by atoms with E-state index in [1.807, 2.05) is 0 Å². The Bertz CT molecular complexity index is 294. The minimum absolute atomic E-state index is 0.155.